The quantitative estimate of drug-likeness (QED) is 0.455. The fourth-order valence-electron chi connectivity index (χ4n) is 1.16. The Morgan fingerprint density at radius 3 is 3.00 bits per heavy atom. The van der Waals surface area contributed by atoms with E-state index in [2.05, 4.69) is 15.6 Å². The summed E-state index contributed by atoms with van der Waals surface area (Å²) in [5.74, 6) is -0.127. The van der Waals surface area contributed by atoms with Crippen molar-refractivity contribution in [1.29, 1.82) is 5.26 Å². The molecule has 0 unspecified atom stereocenters. The van der Waals surface area contributed by atoms with Crippen molar-refractivity contribution in [2.75, 3.05) is 12.4 Å². The third kappa shape index (κ3) is 4.85. The van der Waals surface area contributed by atoms with Gasteiger partial charge in [-0.05, 0) is 12.1 Å². The maximum absolute atomic E-state index is 11.5. The number of nitriles is 1. The van der Waals surface area contributed by atoms with Crippen LogP contribution in [-0.4, -0.2) is 23.3 Å². The molecule has 2 N–H and O–H groups in total. The Bertz CT molecular complexity index is 453. The summed E-state index contributed by atoms with van der Waals surface area (Å²) in [6.07, 6.45) is 3.05. The van der Waals surface area contributed by atoms with Crippen LogP contribution >= 0.6 is 11.6 Å². The fourth-order valence-corrected chi connectivity index (χ4v) is 1.26. The molecule has 18 heavy (non-hydrogen) atoms. The number of amides is 1. The molecule has 1 heterocycles. The van der Waals surface area contributed by atoms with E-state index in [1.165, 1.54) is 6.20 Å². The lowest BCUT2D eigenvalue weighted by Gasteiger charge is -2.03. The summed E-state index contributed by atoms with van der Waals surface area (Å²) >= 11 is 5.44. The average molecular weight is 265 g/mol. The van der Waals surface area contributed by atoms with Gasteiger partial charge in [-0.3, -0.25) is 9.78 Å². The molecule has 0 spiro atoms. The zero-order chi connectivity index (χ0) is 13.2. The van der Waals surface area contributed by atoms with E-state index in [4.69, 9.17) is 16.9 Å². The van der Waals surface area contributed by atoms with Crippen molar-refractivity contribution in [3.63, 3.8) is 0 Å². The SMILES string of the molecule is N#C/C(=C/NCc1ccccn1)C(=O)NCCCl. The van der Waals surface area contributed by atoms with Gasteiger partial charge in [0.25, 0.3) is 5.91 Å². The standard InChI is InChI=1S/C12H13ClN4O/c13-4-6-17-12(18)10(7-14)8-15-9-11-3-1-2-5-16-11/h1-3,5,8,15H,4,6,9H2,(H,17,18)/b10-8-. The predicted molar refractivity (Wildman–Crippen MR) is 68.5 cm³/mol. The number of hydrogen-bond donors (Lipinski definition) is 2. The maximum Gasteiger partial charge on any atom is 0.263 e. The van der Waals surface area contributed by atoms with Gasteiger partial charge in [0.15, 0.2) is 0 Å². The Labute approximate surface area is 110 Å². The molecule has 1 rings (SSSR count). The molecule has 0 aliphatic heterocycles. The molecule has 0 aromatic carbocycles. The molecular weight excluding hydrogens is 252 g/mol. The van der Waals surface area contributed by atoms with Gasteiger partial charge in [0.1, 0.15) is 11.6 Å². The van der Waals surface area contributed by atoms with Crippen molar-refractivity contribution >= 4 is 17.5 Å². The number of pyridine rings is 1. The number of carbonyl (C=O) groups excluding carboxylic acids is 1. The minimum atomic E-state index is -0.438. The van der Waals surface area contributed by atoms with Gasteiger partial charge in [0.2, 0.25) is 0 Å². The summed E-state index contributed by atoms with van der Waals surface area (Å²) in [6, 6.07) is 7.35. The van der Waals surface area contributed by atoms with Gasteiger partial charge in [0.05, 0.1) is 12.2 Å². The Hall–Kier alpha value is -2.06. The second-order valence-electron chi connectivity index (χ2n) is 3.32. The first-order chi connectivity index (χ1) is 8.77. The van der Waals surface area contributed by atoms with Gasteiger partial charge >= 0.3 is 0 Å². The molecule has 0 aliphatic rings. The van der Waals surface area contributed by atoms with Crippen molar-refractivity contribution in [2.45, 2.75) is 6.54 Å². The van der Waals surface area contributed by atoms with E-state index in [-0.39, 0.29) is 5.57 Å². The van der Waals surface area contributed by atoms with Crippen molar-refractivity contribution in [3.8, 4) is 6.07 Å². The lowest BCUT2D eigenvalue weighted by atomic mass is 10.3. The first kappa shape index (κ1) is 14.0. The number of aromatic nitrogens is 1. The van der Waals surface area contributed by atoms with Gasteiger partial charge in [0, 0.05) is 24.8 Å². The third-order valence-corrected chi connectivity index (χ3v) is 2.19. The van der Waals surface area contributed by atoms with E-state index < -0.39 is 5.91 Å². The van der Waals surface area contributed by atoms with Gasteiger partial charge < -0.3 is 10.6 Å². The van der Waals surface area contributed by atoms with Crippen molar-refractivity contribution in [1.82, 2.24) is 15.6 Å². The smallest absolute Gasteiger partial charge is 0.263 e. The van der Waals surface area contributed by atoms with Crippen LogP contribution in [0.15, 0.2) is 36.2 Å². The number of halogens is 1. The topological polar surface area (TPSA) is 77.8 Å². The van der Waals surface area contributed by atoms with Crippen LogP contribution in [0.4, 0.5) is 0 Å². The molecule has 1 aromatic heterocycles. The minimum absolute atomic E-state index is 0.0102. The maximum atomic E-state index is 11.5. The summed E-state index contributed by atoms with van der Waals surface area (Å²) in [4.78, 5) is 15.6. The van der Waals surface area contributed by atoms with E-state index in [0.717, 1.165) is 5.69 Å². The van der Waals surface area contributed by atoms with Crippen molar-refractivity contribution < 1.29 is 4.79 Å². The molecule has 6 heteroatoms. The van der Waals surface area contributed by atoms with Crippen LogP contribution < -0.4 is 10.6 Å². The number of nitrogens with one attached hydrogen (secondary N) is 2. The van der Waals surface area contributed by atoms with Crippen molar-refractivity contribution in [2.24, 2.45) is 0 Å². The molecule has 1 amide bonds. The summed E-state index contributed by atoms with van der Waals surface area (Å²) in [5.41, 5.74) is 0.836. The second kappa shape index (κ2) is 8.09. The molecule has 0 radical (unpaired) electrons. The first-order valence-corrected chi connectivity index (χ1v) is 5.89. The monoisotopic (exact) mass is 264 g/mol. The van der Waals surface area contributed by atoms with Gasteiger partial charge in [-0.15, -0.1) is 11.6 Å². The molecule has 5 nitrogen and oxygen atoms in total. The minimum Gasteiger partial charge on any atom is -0.384 e. The molecule has 0 atom stereocenters. The summed E-state index contributed by atoms with van der Waals surface area (Å²) in [5, 5.41) is 14.2. The molecule has 0 fully saturated rings. The molecule has 0 aliphatic carbocycles. The van der Waals surface area contributed by atoms with Crippen LogP contribution in [0.25, 0.3) is 0 Å². The van der Waals surface area contributed by atoms with Crippen LogP contribution in [0.3, 0.4) is 0 Å². The Kier molecular flexibility index (Phi) is 6.30. The highest BCUT2D eigenvalue weighted by atomic mass is 35.5. The number of rotatable bonds is 6. The fraction of sp³-hybridized carbons (Fsp3) is 0.250. The van der Waals surface area contributed by atoms with Crippen LogP contribution in [0.2, 0.25) is 0 Å². The molecule has 0 saturated heterocycles. The average Bonchev–Trinajstić information content (AvgIpc) is 2.42. The van der Waals surface area contributed by atoms with Gasteiger partial charge in [-0.2, -0.15) is 5.26 Å². The van der Waals surface area contributed by atoms with E-state index in [1.807, 2.05) is 24.3 Å². The lowest BCUT2D eigenvalue weighted by molar-refractivity contribution is -0.117. The zero-order valence-corrected chi connectivity index (χ0v) is 10.4. The number of hydrogen-bond acceptors (Lipinski definition) is 4. The highest BCUT2D eigenvalue weighted by molar-refractivity contribution is 6.18. The zero-order valence-electron chi connectivity index (χ0n) is 9.69. The Morgan fingerprint density at radius 1 is 1.56 bits per heavy atom. The summed E-state index contributed by atoms with van der Waals surface area (Å²) < 4.78 is 0. The summed E-state index contributed by atoms with van der Waals surface area (Å²) in [6.45, 7) is 0.786. The molecule has 1 aromatic rings. The van der Waals surface area contributed by atoms with E-state index in [9.17, 15) is 4.79 Å². The lowest BCUT2D eigenvalue weighted by Crippen LogP contribution is -2.27. The Balaban J connectivity index is 2.48. The normalized spacial score (nSPS) is 10.6. The number of nitrogens with zero attached hydrogens (tertiary/aromatic N) is 2. The highest BCUT2D eigenvalue weighted by Gasteiger charge is 2.06. The first-order valence-electron chi connectivity index (χ1n) is 5.35. The van der Waals surface area contributed by atoms with Gasteiger partial charge in [-0.1, -0.05) is 6.07 Å². The van der Waals surface area contributed by atoms with Crippen LogP contribution in [0.1, 0.15) is 5.69 Å². The van der Waals surface area contributed by atoms with E-state index in [0.29, 0.717) is 19.0 Å². The number of alkyl halides is 1. The molecular formula is C12H13ClN4O. The molecule has 94 valence electrons. The predicted octanol–water partition coefficient (Wildman–Crippen LogP) is 0.934. The van der Waals surface area contributed by atoms with Crippen LogP contribution in [0, 0.1) is 11.3 Å². The summed E-state index contributed by atoms with van der Waals surface area (Å²) in [7, 11) is 0. The van der Waals surface area contributed by atoms with Gasteiger partial charge in [-0.25, -0.2) is 0 Å². The van der Waals surface area contributed by atoms with Crippen LogP contribution in [-0.2, 0) is 11.3 Å². The van der Waals surface area contributed by atoms with E-state index in [1.54, 1.807) is 6.20 Å². The van der Waals surface area contributed by atoms with Crippen molar-refractivity contribution in [3.05, 3.63) is 41.9 Å². The molecule has 0 bridgehead atoms. The third-order valence-electron chi connectivity index (χ3n) is 2.00. The molecule has 0 saturated carbocycles. The largest absolute Gasteiger partial charge is 0.384 e. The van der Waals surface area contributed by atoms with Crippen LogP contribution in [0.5, 0.6) is 0 Å². The second-order valence-corrected chi connectivity index (χ2v) is 3.69. The highest BCUT2D eigenvalue weighted by Crippen LogP contribution is 1.94. The Morgan fingerprint density at radius 2 is 2.39 bits per heavy atom. The number of carbonyl (C=O) groups is 1. The van der Waals surface area contributed by atoms with E-state index >= 15 is 0 Å².